The van der Waals surface area contributed by atoms with Crippen LogP contribution < -0.4 is 10.2 Å². The standard InChI is InChI=1S/C14H20ClN3O/c1-17-7-5-12(6-8-17)18(2)14-4-3-11(15)9-13(14)16-10-19/h3-4,9-10,12H,5-8H2,1-2H3,(H,16,19). The van der Waals surface area contributed by atoms with Crippen molar-refractivity contribution in [2.45, 2.75) is 18.9 Å². The molecule has 0 spiro atoms. The minimum absolute atomic E-state index is 0.504. The molecule has 0 radical (unpaired) electrons. The van der Waals surface area contributed by atoms with E-state index >= 15 is 0 Å². The normalized spacial score (nSPS) is 17.2. The lowest BCUT2D eigenvalue weighted by molar-refractivity contribution is -0.105. The first-order chi connectivity index (χ1) is 9.11. The third-order valence-corrected chi connectivity index (χ3v) is 4.02. The SMILES string of the molecule is CN1CCC(N(C)c2ccc(Cl)cc2NC=O)CC1. The zero-order valence-corrected chi connectivity index (χ0v) is 12.2. The highest BCUT2D eigenvalue weighted by Gasteiger charge is 2.22. The van der Waals surface area contributed by atoms with Crippen molar-refractivity contribution in [3.8, 4) is 0 Å². The fourth-order valence-electron chi connectivity index (χ4n) is 2.57. The fourth-order valence-corrected chi connectivity index (χ4v) is 2.75. The van der Waals surface area contributed by atoms with E-state index in [9.17, 15) is 4.79 Å². The minimum Gasteiger partial charge on any atom is -0.370 e. The third-order valence-electron chi connectivity index (χ3n) is 3.79. The van der Waals surface area contributed by atoms with Crippen LogP contribution in [0.2, 0.25) is 5.02 Å². The highest BCUT2D eigenvalue weighted by molar-refractivity contribution is 6.31. The van der Waals surface area contributed by atoms with Gasteiger partial charge in [-0.2, -0.15) is 0 Å². The summed E-state index contributed by atoms with van der Waals surface area (Å²) in [5.74, 6) is 0. The van der Waals surface area contributed by atoms with Gasteiger partial charge in [-0.15, -0.1) is 0 Å². The molecule has 1 saturated heterocycles. The zero-order valence-electron chi connectivity index (χ0n) is 11.4. The van der Waals surface area contributed by atoms with E-state index in [0.717, 1.165) is 37.3 Å². The summed E-state index contributed by atoms with van der Waals surface area (Å²) < 4.78 is 0. The van der Waals surface area contributed by atoms with E-state index in [1.807, 2.05) is 12.1 Å². The molecule has 1 aliphatic heterocycles. The molecular weight excluding hydrogens is 262 g/mol. The van der Waals surface area contributed by atoms with Crippen molar-refractivity contribution in [3.63, 3.8) is 0 Å². The Hall–Kier alpha value is -1.26. The molecule has 5 heteroatoms. The monoisotopic (exact) mass is 281 g/mol. The third kappa shape index (κ3) is 3.39. The predicted molar refractivity (Wildman–Crippen MR) is 80.1 cm³/mol. The number of nitrogens with one attached hydrogen (secondary N) is 1. The number of benzene rings is 1. The van der Waals surface area contributed by atoms with E-state index in [1.165, 1.54) is 0 Å². The van der Waals surface area contributed by atoms with Crippen LogP contribution in [0.25, 0.3) is 0 Å². The molecule has 4 nitrogen and oxygen atoms in total. The van der Waals surface area contributed by atoms with Crippen LogP contribution in [0.3, 0.4) is 0 Å². The maximum absolute atomic E-state index is 10.7. The molecule has 1 amide bonds. The number of amides is 1. The highest BCUT2D eigenvalue weighted by Crippen LogP contribution is 2.31. The molecule has 1 aliphatic rings. The van der Waals surface area contributed by atoms with Crippen LogP contribution in [0.4, 0.5) is 11.4 Å². The number of anilines is 2. The van der Waals surface area contributed by atoms with Gasteiger partial charge in [-0.25, -0.2) is 0 Å². The Labute approximate surface area is 119 Å². The number of hydrogen-bond acceptors (Lipinski definition) is 3. The largest absolute Gasteiger partial charge is 0.370 e. The summed E-state index contributed by atoms with van der Waals surface area (Å²) >= 11 is 5.98. The second kappa shape index (κ2) is 6.26. The number of carbonyl (C=O) groups excluding carboxylic acids is 1. The molecule has 1 aromatic carbocycles. The molecule has 2 rings (SSSR count). The van der Waals surface area contributed by atoms with Gasteiger partial charge >= 0.3 is 0 Å². The predicted octanol–water partition coefficient (Wildman–Crippen LogP) is 2.44. The molecule has 1 N–H and O–H groups in total. The summed E-state index contributed by atoms with van der Waals surface area (Å²) in [7, 11) is 4.23. The fraction of sp³-hybridized carbons (Fsp3) is 0.500. The molecule has 0 aliphatic carbocycles. The van der Waals surface area contributed by atoms with Gasteiger partial charge in [0.1, 0.15) is 0 Å². The Morgan fingerprint density at radius 1 is 1.42 bits per heavy atom. The highest BCUT2D eigenvalue weighted by atomic mass is 35.5. The van der Waals surface area contributed by atoms with Crippen molar-refractivity contribution in [1.82, 2.24) is 4.90 Å². The first kappa shape index (κ1) is 14.2. The van der Waals surface area contributed by atoms with Gasteiger partial charge in [-0.1, -0.05) is 11.6 Å². The Balaban J connectivity index is 2.18. The Bertz CT molecular complexity index is 444. The molecule has 0 aromatic heterocycles. The van der Waals surface area contributed by atoms with Crippen molar-refractivity contribution < 1.29 is 4.79 Å². The lowest BCUT2D eigenvalue weighted by Crippen LogP contribution is -2.42. The van der Waals surface area contributed by atoms with E-state index in [2.05, 4.69) is 29.2 Å². The van der Waals surface area contributed by atoms with Gasteiger partial charge in [0.15, 0.2) is 0 Å². The van der Waals surface area contributed by atoms with Gasteiger partial charge in [-0.05, 0) is 51.2 Å². The number of carbonyl (C=O) groups is 1. The van der Waals surface area contributed by atoms with Crippen LogP contribution in [0.1, 0.15) is 12.8 Å². The summed E-state index contributed by atoms with van der Waals surface area (Å²) in [6, 6.07) is 6.12. The van der Waals surface area contributed by atoms with Crippen molar-refractivity contribution >= 4 is 29.4 Å². The minimum atomic E-state index is 0.504. The molecule has 19 heavy (non-hydrogen) atoms. The molecule has 0 bridgehead atoms. The zero-order chi connectivity index (χ0) is 13.8. The van der Waals surface area contributed by atoms with Crippen LogP contribution in [0.5, 0.6) is 0 Å². The number of rotatable bonds is 4. The maximum atomic E-state index is 10.7. The van der Waals surface area contributed by atoms with E-state index in [0.29, 0.717) is 17.5 Å². The van der Waals surface area contributed by atoms with Crippen molar-refractivity contribution in [2.24, 2.45) is 0 Å². The Kier molecular flexibility index (Phi) is 4.66. The van der Waals surface area contributed by atoms with Gasteiger partial charge < -0.3 is 15.1 Å². The molecule has 1 heterocycles. The van der Waals surface area contributed by atoms with Gasteiger partial charge in [0, 0.05) is 18.1 Å². The molecule has 0 unspecified atom stereocenters. The average molecular weight is 282 g/mol. The molecule has 1 aromatic rings. The maximum Gasteiger partial charge on any atom is 0.211 e. The second-order valence-electron chi connectivity index (χ2n) is 5.07. The van der Waals surface area contributed by atoms with Gasteiger partial charge in [0.25, 0.3) is 0 Å². The van der Waals surface area contributed by atoms with Crippen molar-refractivity contribution in [2.75, 3.05) is 37.4 Å². The summed E-state index contributed by atoms with van der Waals surface area (Å²) in [5.41, 5.74) is 1.79. The summed E-state index contributed by atoms with van der Waals surface area (Å²) in [6.07, 6.45) is 2.96. The molecule has 1 fully saturated rings. The first-order valence-electron chi connectivity index (χ1n) is 6.53. The quantitative estimate of drug-likeness (QED) is 0.861. The van der Waals surface area contributed by atoms with Gasteiger partial charge in [0.05, 0.1) is 11.4 Å². The number of hydrogen-bond donors (Lipinski definition) is 1. The van der Waals surface area contributed by atoms with E-state index in [1.54, 1.807) is 6.07 Å². The van der Waals surface area contributed by atoms with Crippen LogP contribution in [0.15, 0.2) is 18.2 Å². The lowest BCUT2D eigenvalue weighted by Gasteiger charge is -2.37. The molecule has 0 atom stereocenters. The first-order valence-corrected chi connectivity index (χ1v) is 6.90. The summed E-state index contributed by atoms with van der Waals surface area (Å²) in [6.45, 7) is 2.22. The van der Waals surface area contributed by atoms with Crippen LogP contribution in [-0.4, -0.2) is 44.5 Å². The van der Waals surface area contributed by atoms with Crippen molar-refractivity contribution in [3.05, 3.63) is 23.2 Å². The van der Waals surface area contributed by atoms with Crippen LogP contribution in [0, 0.1) is 0 Å². The van der Waals surface area contributed by atoms with Gasteiger partial charge in [-0.3, -0.25) is 4.79 Å². The number of piperidine rings is 1. The smallest absolute Gasteiger partial charge is 0.211 e. The van der Waals surface area contributed by atoms with E-state index in [-0.39, 0.29) is 0 Å². The number of likely N-dealkylation sites (tertiary alicyclic amines) is 1. The van der Waals surface area contributed by atoms with Crippen molar-refractivity contribution in [1.29, 1.82) is 0 Å². The Morgan fingerprint density at radius 3 is 2.74 bits per heavy atom. The second-order valence-corrected chi connectivity index (χ2v) is 5.51. The van der Waals surface area contributed by atoms with E-state index < -0.39 is 0 Å². The number of nitrogens with zero attached hydrogens (tertiary/aromatic N) is 2. The van der Waals surface area contributed by atoms with E-state index in [4.69, 9.17) is 11.6 Å². The van der Waals surface area contributed by atoms with Crippen LogP contribution >= 0.6 is 11.6 Å². The molecule has 104 valence electrons. The summed E-state index contributed by atoms with van der Waals surface area (Å²) in [4.78, 5) is 15.3. The van der Waals surface area contributed by atoms with Gasteiger partial charge in [0.2, 0.25) is 6.41 Å². The average Bonchev–Trinajstić information content (AvgIpc) is 2.39. The topological polar surface area (TPSA) is 35.6 Å². The lowest BCUT2D eigenvalue weighted by atomic mass is 10.0. The Morgan fingerprint density at radius 2 is 2.11 bits per heavy atom. The molecular formula is C14H20ClN3O. The van der Waals surface area contributed by atoms with Crippen LogP contribution in [-0.2, 0) is 4.79 Å². The molecule has 0 saturated carbocycles. The number of halogens is 1. The summed E-state index contributed by atoms with van der Waals surface area (Å²) in [5, 5.41) is 3.36.